The number of rotatable bonds is 3. The highest BCUT2D eigenvalue weighted by molar-refractivity contribution is 6.49. The van der Waals surface area contributed by atoms with Gasteiger partial charge in [-0.05, 0) is 23.8 Å². The lowest BCUT2D eigenvalue weighted by Crippen LogP contribution is -2.58. The van der Waals surface area contributed by atoms with Crippen molar-refractivity contribution in [1.82, 2.24) is 4.81 Å². The summed E-state index contributed by atoms with van der Waals surface area (Å²) in [5.74, 6) is 0.507. The van der Waals surface area contributed by atoms with Gasteiger partial charge in [0.2, 0.25) is 0 Å². The monoisotopic (exact) mass is 259 g/mol. The fourth-order valence-electron chi connectivity index (χ4n) is 3.28. The summed E-state index contributed by atoms with van der Waals surface area (Å²) < 4.78 is 6.40. The second-order valence-electron chi connectivity index (χ2n) is 5.97. The average molecular weight is 259 g/mol. The maximum Gasteiger partial charge on any atom is 0.383 e. The molecular formula is C16H26BNO. The van der Waals surface area contributed by atoms with Crippen molar-refractivity contribution in [3.63, 3.8) is 0 Å². The highest BCUT2D eigenvalue weighted by Crippen LogP contribution is 2.37. The predicted octanol–water partition coefficient (Wildman–Crippen LogP) is 4.00. The zero-order valence-corrected chi connectivity index (χ0v) is 12.8. The normalized spacial score (nSPS) is 28.9. The molecule has 0 saturated carbocycles. The number of hydrogen-bond donors (Lipinski definition) is 0. The fraction of sp³-hybridized carbons (Fsp3) is 0.625. The molecule has 0 spiro atoms. The molecule has 19 heavy (non-hydrogen) atoms. The molecule has 0 aromatic heterocycles. The molecule has 1 aliphatic heterocycles. The molecule has 3 heteroatoms. The van der Waals surface area contributed by atoms with Crippen LogP contribution >= 0.6 is 0 Å². The summed E-state index contributed by atoms with van der Waals surface area (Å²) in [6.07, 6.45) is 1.26. The minimum atomic E-state index is 0.219. The van der Waals surface area contributed by atoms with Gasteiger partial charge in [-0.15, -0.1) is 0 Å². The van der Waals surface area contributed by atoms with Gasteiger partial charge in [0.15, 0.2) is 0 Å². The summed E-state index contributed by atoms with van der Waals surface area (Å²) in [4.78, 5) is 2.52. The summed E-state index contributed by atoms with van der Waals surface area (Å²) in [7, 11) is 0.233. The lowest BCUT2D eigenvalue weighted by atomic mass is 9.68. The number of hydrogen-bond acceptors (Lipinski definition) is 2. The van der Waals surface area contributed by atoms with E-state index in [9.17, 15) is 0 Å². The Morgan fingerprint density at radius 2 is 1.84 bits per heavy atom. The van der Waals surface area contributed by atoms with E-state index in [1.54, 1.807) is 0 Å². The van der Waals surface area contributed by atoms with Gasteiger partial charge in [0.25, 0.3) is 0 Å². The van der Waals surface area contributed by atoms with Gasteiger partial charge in [0.1, 0.15) is 0 Å². The molecule has 0 aliphatic carbocycles. The molecule has 1 aromatic carbocycles. The second-order valence-corrected chi connectivity index (χ2v) is 5.97. The lowest BCUT2D eigenvalue weighted by Gasteiger charge is -2.48. The molecule has 0 N–H and O–H groups in total. The van der Waals surface area contributed by atoms with Crippen molar-refractivity contribution in [3.05, 3.63) is 35.9 Å². The zero-order chi connectivity index (χ0) is 14.0. The molecule has 1 saturated heterocycles. The average Bonchev–Trinajstić information content (AvgIpc) is 2.42. The van der Waals surface area contributed by atoms with Gasteiger partial charge in [-0.3, -0.25) is 0 Å². The second kappa shape index (κ2) is 6.10. The first-order valence-corrected chi connectivity index (χ1v) is 7.54. The molecule has 2 nitrogen and oxygen atoms in total. The SMILES string of the molecule is CCB1OC(c2ccccc2)C(C)C(C)N1C(C)C. The van der Waals surface area contributed by atoms with Crippen molar-refractivity contribution < 1.29 is 4.65 Å². The Labute approximate surface area is 118 Å². The van der Waals surface area contributed by atoms with Gasteiger partial charge >= 0.3 is 7.05 Å². The van der Waals surface area contributed by atoms with Crippen LogP contribution in [0.1, 0.15) is 46.3 Å². The summed E-state index contributed by atoms with van der Waals surface area (Å²) in [6.45, 7) is 11.4. The van der Waals surface area contributed by atoms with Crippen LogP contribution in [0.15, 0.2) is 30.3 Å². The van der Waals surface area contributed by atoms with E-state index in [4.69, 9.17) is 4.65 Å². The van der Waals surface area contributed by atoms with E-state index in [1.807, 2.05) is 0 Å². The molecular weight excluding hydrogens is 233 g/mol. The summed E-state index contributed by atoms with van der Waals surface area (Å²) >= 11 is 0. The molecule has 0 radical (unpaired) electrons. The van der Waals surface area contributed by atoms with Gasteiger partial charge in [0.05, 0.1) is 6.10 Å². The first-order chi connectivity index (χ1) is 9.06. The van der Waals surface area contributed by atoms with E-state index in [2.05, 4.69) is 69.8 Å². The summed E-state index contributed by atoms with van der Waals surface area (Å²) in [6, 6.07) is 11.7. The molecule has 3 unspecified atom stereocenters. The van der Waals surface area contributed by atoms with Gasteiger partial charge in [-0.25, -0.2) is 0 Å². The molecule has 1 aliphatic rings. The standard InChI is InChI=1S/C16H26BNO/c1-6-17-18(12(2)3)14(5)13(4)16(19-17)15-10-8-7-9-11-15/h7-14,16H,6H2,1-5H3. The molecule has 0 bridgehead atoms. The largest absolute Gasteiger partial charge is 0.414 e. The van der Waals surface area contributed by atoms with Crippen LogP contribution in [0.2, 0.25) is 6.32 Å². The fourth-order valence-corrected chi connectivity index (χ4v) is 3.28. The third-order valence-electron chi connectivity index (χ3n) is 4.42. The van der Waals surface area contributed by atoms with Crippen LogP contribution in [0.3, 0.4) is 0 Å². The Bertz CT molecular complexity index is 393. The molecule has 104 valence electrons. The molecule has 2 rings (SSSR count). The van der Waals surface area contributed by atoms with E-state index < -0.39 is 0 Å². The van der Waals surface area contributed by atoms with Gasteiger partial charge < -0.3 is 9.47 Å². The summed E-state index contributed by atoms with van der Waals surface area (Å²) in [5.41, 5.74) is 1.31. The van der Waals surface area contributed by atoms with Gasteiger partial charge in [-0.2, -0.15) is 0 Å². The lowest BCUT2D eigenvalue weighted by molar-refractivity contribution is 0.0197. The third kappa shape index (κ3) is 2.87. The van der Waals surface area contributed by atoms with Crippen LogP contribution < -0.4 is 0 Å². The molecule has 1 heterocycles. The first-order valence-electron chi connectivity index (χ1n) is 7.54. The summed E-state index contributed by atoms with van der Waals surface area (Å²) in [5, 5.41) is 0. The van der Waals surface area contributed by atoms with Crippen LogP contribution in [-0.2, 0) is 4.65 Å². The van der Waals surface area contributed by atoms with Crippen molar-refractivity contribution in [2.45, 2.75) is 59.1 Å². The minimum Gasteiger partial charge on any atom is -0.414 e. The van der Waals surface area contributed by atoms with Crippen LogP contribution in [0.25, 0.3) is 0 Å². The Kier molecular flexibility index (Phi) is 4.69. The van der Waals surface area contributed by atoms with Crippen molar-refractivity contribution in [2.24, 2.45) is 5.92 Å². The van der Waals surface area contributed by atoms with E-state index >= 15 is 0 Å². The van der Waals surface area contributed by atoms with E-state index in [0.717, 1.165) is 6.32 Å². The first kappa shape index (κ1) is 14.6. The topological polar surface area (TPSA) is 12.5 Å². The smallest absolute Gasteiger partial charge is 0.383 e. The predicted molar refractivity (Wildman–Crippen MR) is 82.1 cm³/mol. The van der Waals surface area contributed by atoms with Crippen molar-refractivity contribution in [3.8, 4) is 0 Å². The van der Waals surface area contributed by atoms with Crippen molar-refractivity contribution in [1.29, 1.82) is 0 Å². The van der Waals surface area contributed by atoms with E-state index in [-0.39, 0.29) is 13.2 Å². The molecule has 1 fully saturated rings. The van der Waals surface area contributed by atoms with Crippen molar-refractivity contribution in [2.75, 3.05) is 0 Å². The Balaban J connectivity index is 2.25. The highest BCUT2D eigenvalue weighted by Gasteiger charge is 2.42. The van der Waals surface area contributed by atoms with Crippen molar-refractivity contribution >= 4 is 7.05 Å². The zero-order valence-electron chi connectivity index (χ0n) is 12.8. The van der Waals surface area contributed by atoms with Gasteiger partial charge in [-0.1, -0.05) is 65.0 Å². The molecule has 0 amide bonds. The van der Waals surface area contributed by atoms with E-state index in [1.165, 1.54) is 5.56 Å². The van der Waals surface area contributed by atoms with Crippen LogP contribution in [0.5, 0.6) is 0 Å². The molecule has 3 atom stereocenters. The number of benzene rings is 1. The van der Waals surface area contributed by atoms with E-state index in [0.29, 0.717) is 18.0 Å². The highest BCUT2D eigenvalue weighted by atomic mass is 16.5. The minimum absolute atomic E-state index is 0.219. The van der Waals surface area contributed by atoms with Crippen LogP contribution in [0, 0.1) is 5.92 Å². The van der Waals surface area contributed by atoms with Gasteiger partial charge in [0, 0.05) is 6.04 Å². The third-order valence-corrected chi connectivity index (χ3v) is 4.42. The maximum absolute atomic E-state index is 6.40. The maximum atomic E-state index is 6.40. The Morgan fingerprint density at radius 3 is 2.37 bits per heavy atom. The van der Waals surface area contributed by atoms with Crippen LogP contribution in [-0.4, -0.2) is 23.9 Å². The Morgan fingerprint density at radius 1 is 1.21 bits per heavy atom. The molecule has 1 aromatic rings. The quantitative estimate of drug-likeness (QED) is 0.761. The number of nitrogens with zero attached hydrogens (tertiary/aromatic N) is 1. The Hall–Kier alpha value is -0.795. The van der Waals surface area contributed by atoms with Crippen LogP contribution in [0.4, 0.5) is 0 Å².